The first-order valence-corrected chi connectivity index (χ1v) is 8.78. The average Bonchev–Trinajstić information content (AvgIpc) is 2.69. The molecular formula is C20H19ClN4O2. The third kappa shape index (κ3) is 5.18. The Kier molecular flexibility index (Phi) is 6.22. The SMILES string of the molecule is COc1ccc(Nc2cc(C(=O)NCCc3ccccc3)ncn2)cc1Cl. The first-order valence-electron chi connectivity index (χ1n) is 8.40. The Bertz CT molecular complexity index is 919. The molecule has 3 aromatic rings. The highest BCUT2D eigenvalue weighted by Crippen LogP contribution is 2.28. The fourth-order valence-corrected chi connectivity index (χ4v) is 2.76. The summed E-state index contributed by atoms with van der Waals surface area (Å²) < 4.78 is 5.13. The van der Waals surface area contributed by atoms with Crippen molar-refractivity contribution in [3.8, 4) is 5.75 Å². The van der Waals surface area contributed by atoms with Crippen LogP contribution in [0.15, 0.2) is 60.9 Å². The number of rotatable bonds is 7. The molecule has 0 unspecified atom stereocenters. The van der Waals surface area contributed by atoms with Gasteiger partial charge in [-0.1, -0.05) is 41.9 Å². The van der Waals surface area contributed by atoms with E-state index in [9.17, 15) is 4.79 Å². The first kappa shape index (κ1) is 18.7. The molecule has 138 valence electrons. The molecular weight excluding hydrogens is 364 g/mol. The van der Waals surface area contributed by atoms with E-state index in [0.717, 1.165) is 12.1 Å². The fraction of sp³-hybridized carbons (Fsp3) is 0.150. The normalized spacial score (nSPS) is 10.3. The number of amides is 1. The quantitative estimate of drug-likeness (QED) is 0.649. The van der Waals surface area contributed by atoms with Crippen molar-refractivity contribution in [3.63, 3.8) is 0 Å². The van der Waals surface area contributed by atoms with Gasteiger partial charge in [0.05, 0.1) is 12.1 Å². The van der Waals surface area contributed by atoms with Crippen molar-refractivity contribution in [1.29, 1.82) is 0 Å². The minimum Gasteiger partial charge on any atom is -0.495 e. The van der Waals surface area contributed by atoms with Crippen molar-refractivity contribution < 1.29 is 9.53 Å². The minimum absolute atomic E-state index is 0.246. The van der Waals surface area contributed by atoms with Crippen LogP contribution in [0.5, 0.6) is 5.75 Å². The lowest BCUT2D eigenvalue weighted by molar-refractivity contribution is 0.0949. The summed E-state index contributed by atoms with van der Waals surface area (Å²) in [6.45, 7) is 0.531. The second-order valence-electron chi connectivity index (χ2n) is 5.75. The van der Waals surface area contributed by atoms with E-state index < -0.39 is 0 Å². The second-order valence-corrected chi connectivity index (χ2v) is 6.16. The minimum atomic E-state index is -0.246. The Balaban J connectivity index is 1.61. The number of methoxy groups -OCH3 is 1. The van der Waals surface area contributed by atoms with E-state index in [-0.39, 0.29) is 5.91 Å². The second kappa shape index (κ2) is 9.00. The Morgan fingerprint density at radius 1 is 1.11 bits per heavy atom. The predicted octanol–water partition coefficient (Wildman–Crippen LogP) is 3.85. The molecule has 0 spiro atoms. The standard InChI is InChI=1S/C20H19ClN4O2/c1-27-18-8-7-15(11-16(18)21)25-19-12-17(23-13-24-19)20(26)22-10-9-14-5-3-2-4-6-14/h2-8,11-13H,9-10H2,1H3,(H,22,26)(H,23,24,25). The van der Waals surface area contributed by atoms with E-state index in [0.29, 0.717) is 28.8 Å². The van der Waals surface area contributed by atoms with Gasteiger partial charge in [0.15, 0.2) is 0 Å². The molecule has 1 amide bonds. The molecule has 2 aromatic carbocycles. The highest BCUT2D eigenvalue weighted by molar-refractivity contribution is 6.32. The average molecular weight is 383 g/mol. The van der Waals surface area contributed by atoms with Gasteiger partial charge in [0.1, 0.15) is 23.6 Å². The summed E-state index contributed by atoms with van der Waals surface area (Å²) >= 11 is 6.12. The summed E-state index contributed by atoms with van der Waals surface area (Å²) in [5, 5.41) is 6.45. The summed E-state index contributed by atoms with van der Waals surface area (Å²) in [6.07, 6.45) is 2.10. The van der Waals surface area contributed by atoms with Gasteiger partial charge in [0, 0.05) is 18.3 Å². The van der Waals surface area contributed by atoms with Gasteiger partial charge in [0.25, 0.3) is 5.91 Å². The number of anilines is 2. The number of ether oxygens (including phenoxy) is 1. The molecule has 0 atom stereocenters. The zero-order valence-corrected chi connectivity index (χ0v) is 15.5. The lowest BCUT2D eigenvalue weighted by atomic mass is 10.1. The first-order chi connectivity index (χ1) is 13.2. The molecule has 7 heteroatoms. The smallest absolute Gasteiger partial charge is 0.270 e. The van der Waals surface area contributed by atoms with Crippen LogP contribution >= 0.6 is 11.6 Å². The Labute approximate surface area is 162 Å². The van der Waals surface area contributed by atoms with Gasteiger partial charge >= 0.3 is 0 Å². The zero-order chi connectivity index (χ0) is 19.1. The highest BCUT2D eigenvalue weighted by atomic mass is 35.5. The van der Waals surface area contributed by atoms with Crippen LogP contribution in [0.1, 0.15) is 16.1 Å². The van der Waals surface area contributed by atoms with Crippen LogP contribution in [-0.2, 0) is 6.42 Å². The van der Waals surface area contributed by atoms with E-state index in [1.54, 1.807) is 25.3 Å². The Hall–Kier alpha value is -3.12. The lowest BCUT2D eigenvalue weighted by Crippen LogP contribution is -2.26. The number of benzene rings is 2. The Morgan fingerprint density at radius 2 is 1.93 bits per heavy atom. The molecule has 1 heterocycles. The van der Waals surface area contributed by atoms with Crippen molar-refractivity contribution in [3.05, 3.63) is 77.2 Å². The molecule has 0 aliphatic carbocycles. The molecule has 6 nitrogen and oxygen atoms in total. The molecule has 0 aliphatic rings. The third-order valence-corrected chi connectivity index (χ3v) is 4.16. The van der Waals surface area contributed by atoms with Crippen molar-refractivity contribution in [2.75, 3.05) is 19.0 Å². The molecule has 0 saturated heterocycles. The highest BCUT2D eigenvalue weighted by Gasteiger charge is 2.09. The van der Waals surface area contributed by atoms with Gasteiger partial charge in [-0.25, -0.2) is 9.97 Å². The molecule has 1 aromatic heterocycles. The number of nitrogens with zero attached hydrogens (tertiary/aromatic N) is 2. The van der Waals surface area contributed by atoms with Crippen LogP contribution in [0.3, 0.4) is 0 Å². The van der Waals surface area contributed by atoms with Crippen LogP contribution in [0, 0.1) is 0 Å². The number of nitrogens with one attached hydrogen (secondary N) is 2. The zero-order valence-electron chi connectivity index (χ0n) is 14.8. The maximum atomic E-state index is 12.3. The van der Waals surface area contributed by atoms with E-state index >= 15 is 0 Å². The molecule has 0 bridgehead atoms. The molecule has 27 heavy (non-hydrogen) atoms. The number of halogens is 1. The summed E-state index contributed by atoms with van der Waals surface area (Å²) in [4.78, 5) is 20.5. The topological polar surface area (TPSA) is 76.1 Å². The van der Waals surface area contributed by atoms with Crippen LogP contribution in [0.25, 0.3) is 0 Å². The number of carbonyl (C=O) groups is 1. The molecule has 0 aliphatic heterocycles. The number of aromatic nitrogens is 2. The van der Waals surface area contributed by atoms with E-state index in [4.69, 9.17) is 16.3 Å². The van der Waals surface area contributed by atoms with Crippen LogP contribution < -0.4 is 15.4 Å². The maximum Gasteiger partial charge on any atom is 0.270 e. The van der Waals surface area contributed by atoms with Gasteiger partial charge < -0.3 is 15.4 Å². The van der Waals surface area contributed by atoms with Crippen LogP contribution in [0.2, 0.25) is 5.02 Å². The molecule has 2 N–H and O–H groups in total. The van der Waals surface area contributed by atoms with E-state index in [1.165, 1.54) is 11.9 Å². The van der Waals surface area contributed by atoms with Gasteiger partial charge in [-0.2, -0.15) is 0 Å². The van der Waals surface area contributed by atoms with Gasteiger partial charge in [-0.3, -0.25) is 4.79 Å². The van der Waals surface area contributed by atoms with Crippen molar-refractivity contribution in [2.45, 2.75) is 6.42 Å². The van der Waals surface area contributed by atoms with Gasteiger partial charge in [0.2, 0.25) is 0 Å². The van der Waals surface area contributed by atoms with Gasteiger partial charge in [-0.15, -0.1) is 0 Å². The van der Waals surface area contributed by atoms with Crippen molar-refractivity contribution >= 4 is 29.0 Å². The van der Waals surface area contributed by atoms with Gasteiger partial charge in [-0.05, 0) is 30.2 Å². The lowest BCUT2D eigenvalue weighted by Gasteiger charge is -2.09. The predicted molar refractivity (Wildman–Crippen MR) is 106 cm³/mol. The largest absolute Gasteiger partial charge is 0.495 e. The van der Waals surface area contributed by atoms with Crippen LogP contribution in [-0.4, -0.2) is 29.5 Å². The van der Waals surface area contributed by atoms with E-state index in [1.807, 2.05) is 36.4 Å². The maximum absolute atomic E-state index is 12.3. The number of hydrogen-bond acceptors (Lipinski definition) is 5. The molecule has 0 fully saturated rings. The summed E-state index contributed by atoms with van der Waals surface area (Å²) in [5.41, 5.74) is 2.19. The molecule has 0 saturated carbocycles. The van der Waals surface area contributed by atoms with Crippen molar-refractivity contribution in [2.24, 2.45) is 0 Å². The summed E-state index contributed by atoms with van der Waals surface area (Å²) in [6, 6.07) is 16.9. The van der Waals surface area contributed by atoms with E-state index in [2.05, 4.69) is 20.6 Å². The summed E-state index contributed by atoms with van der Waals surface area (Å²) in [5.74, 6) is 0.840. The van der Waals surface area contributed by atoms with Crippen molar-refractivity contribution in [1.82, 2.24) is 15.3 Å². The monoisotopic (exact) mass is 382 g/mol. The number of hydrogen-bond donors (Lipinski definition) is 2. The third-order valence-electron chi connectivity index (χ3n) is 3.87. The number of carbonyl (C=O) groups excluding carboxylic acids is 1. The summed E-state index contributed by atoms with van der Waals surface area (Å²) in [7, 11) is 1.56. The van der Waals surface area contributed by atoms with Crippen LogP contribution in [0.4, 0.5) is 11.5 Å². The molecule has 0 radical (unpaired) electrons. The molecule has 3 rings (SSSR count). The Morgan fingerprint density at radius 3 is 2.67 bits per heavy atom. The fourth-order valence-electron chi connectivity index (χ4n) is 2.50.